The maximum atomic E-state index is 12.8. The maximum absolute atomic E-state index is 12.8. The highest BCUT2D eigenvalue weighted by molar-refractivity contribution is 6.36. The number of carbonyl (C=O) groups excluding carboxylic acids is 1. The normalized spacial score (nSPS) is 15.2. The second kappa shape index (κ2) is 8.30. The lowest BCUT2D eigenvalue weighted by molar-refractivity contribution is -0.133. The van der Waals surface area contributed by atoms with E-state index in [9.17, 15) is 4.79 Å². The van der Waals surface area contributed by atoms with E-state index in [-0.39, 0.29) is 5.91 Å². The monoisotopic (exact) mass is 392 g/mol. The third kappa shape index (κ3) is 4.14. The second-order valence-corrected chi connectivity index (χ2v) is 7.43. The Morgan fingerprint density at radius 1 is 1.19 bits per heavy atom. The molecule has 0 aromatic heterocycles. The predicted molar refractivity (Wildman–Crippen MR) is 105 cm³/mol. The number of ether oxygens (including phenoxy) is 1. The van der Waals surface area contributed by atoms with Crippen LogP contribution in [0, 0.1) is 5.41 Å². The molecular weight excluding hydrogens is 371 g/mol. The summed E-state index contributed by atoms with van der Waals surface area (Å²) in [5, 5.41) is 7.53. The van der Waals surface area contributed by atoms with Crippen molar-refractivity contribution in [3.8, 4) is 5.75 Å². The number of methoxy groups -OCH3 is 1. The van der Waals surface area contributed by atoms with Crippen LogP contribution in [-0.4, -0.2) is 32.7 Å². The minimum absolute atomic E-state index is 0.0576. The fraction of sp³-hybridized carbons (Fsp3) is 0.350. The average Bonchev–Trinajstić information content (AvgIpc) is 2.60. The van der Waals surface area contributed by atoms with Crippen LogP contribution >= 0.6 is 23.2 Å². The zero-order valence-corrected chi connectivity index (χ0v) is 16.2. The summed E-state index contributed by atoms with van der Waals surface area (Å²) < 4.78 is 5.28. The molecule has 26 heavy (non-hydrogen) atoms. The number of benzene rings is 2. The molecule has 1 heterocycles. The van der Waals surface area contributed by atoms with E-state index in [1.165, 1.54) is 0 Å². The highest BCUT2D eigenvalue weighted by Gasteiger charge is 2.44. The van der Waals surface area contributed by atoms with Crippen molar-refractivity contribution in [2.45, 2.75) is 12.8 Å². The van der Waals surface area contributed by atoms with E-state index in [0.29, 0.717) is 42.5 Å². The standard InChI is InChI=1S/C20H22Cl2N2O2/c1-26-15-5-2-4-14(10-15)11-20(12-23-13-20)19(25)24-9-8-16-17(21)6-3-7-18(16)22/h2-7,10,23H,8-9,11-13H2,1H3,(H,24,25). The topological polar surface area (TPSA) is 50.4 Å². The molecule has 2 aromatic carbocycles. The molecule has 0 bridgehead atoms. The first-order valence-electron chi connectivity index (χ1n) is 8.59. The molecule has 1 amide bonds. The van der Waals surface area contributed by atoms with Gasteiger partial charge >= 0.3 is 0 Å². The number of hydrogen-bond donors (Lipinski definition) is 2. The Morgan fingerprint density at radius 3 is 2.50 bits per heavy atom. The predicted octanol–water partition coefficient (Wildman–Crippen LogP) is 3.49. The van der Waals surface area contributed by atoms with Crippen molar-refractivity contribution in [1.29, 1.82) is 0 Å². The molecule has 1 fully saturated rings. The molecular formula is C20H22Cl2N2O2. The van der Waals surface area contributed by atoms with E-state index in [4.69, 9.17) is 27.9 Å². The Kier molecular flexibility index (Phi) is 6.07. The van der Waals surface area contributed by atoms with Crippen molar-refractivity contribution in [3.05, 3.63) is 63.6 Å². The number of amides is 1. The van der Waals surface area contributed by atoms with Gasteiger partial charge in [-0.3, -0.25) is 4.79 Å². The molecule has 0 atom stereocenters. The van der Waals surface area contributed by atoms with Crippen LogP contribution in [0.25, 0.3) is 0 Å². The van der Waals surface area contributed by atoms with Crippen molar-refractivity contribution in [2.24, 2.45) is 5.41 Å². The minimum Gasteiger partial charge on any atom is -0.497 e. The van der Waals surface area contributed by atoms with Crippen molar-refractivity contribution in [3.63, 3.8) is 0 Å². The minimum atomic E-state index is -0.420. The Labute approximate surface area is 163 Å². The van der Waals surface area contributed by atoms with E-state index in [1.54, 1.807) is 7.11 Å². The van der Waals surface area contributed by atoms with Crippen molar-refractivity contribution in [1.82, 2.24) is 10.6 Å². The molecule has 4 nitrogen and oxygen atoms in total. The number of carbonyl (C=O) groups is 1. The van der Waals surface area contributed by atoms with Crippen molar-refractivity contribution >= 4 is 29.1 Å². The van der Waals surface area contributed by atoms with Gasteiger partial charge in [-0.1, -0.05) is 41.4 Å². The number of halogens is 2. The molecule has 2 N–H and O–H groups in total. The molecule has 0 radical (unpaired) electrons. The summed E-state index contributed by atoms with van der Waals surface area (Å²) in [6, 6.07) is 13.3. The molecule has 0 spiro atoms. The van der Waals surface area contributed by atoms with Crippen LogP contribution in [0.2, 0.25) is 10.0 Å². The van der Waals surface area contributed by atoms with Gasteiger partial charge in [0.05, 0.1) is 12.5 Å². The zero-order chi connectivity index (χ0) is 18.6. The van der Waals surface area contributed by atoms with Gasteiger partial charge in [-0.2, -0.15) is 0 Å². The van der Waals surface area contributed by atoms with Crippen molar-refractivity contribution in [2.75, 3.05) is 26.7 Å². The van der Waals surface area contributed by atoms with Gasteiger partial charge in [-0.15, -0.1) is 0 Å². The van der Waals surface area contributed by atoms with E-state index < -0.39 is 5.41 Å². The Hall–Kier alpha value is -1.75. The van der Waals surface area contributed by atoms with Crippen LogP contribution in [0.5, 0.6) is 5.75 Å². The fourth-order valence-corrected chi connectivity index (χ4v) is 3.81. The summed E-state index contributed by atoms with van der Waals surface area (Å²) >= 11 is 12.4. The number of nitrogens with one attached hydrogen (secondary N) is 2. The largest absolute Gasteiger partial charge is 0.497 e. The fourth-order valence-electron chi connectivity index (χ4n) is 3.23. The first-order valence-corrected chi connectivity index (χ1v) is 9.34. The van der Waals surface area contributed by atoms with E-state index in [2.05, 4.69) is 10.6 Å². The highest BCUT2D eigenvalue weighted by Crippen LogP contribution is 2.30. The van der Waals surface area contributed by atoms with Crippen molar-refractivity contribution < 1.29 is 9.53 Å². The lowest BCUT2D eigenvalue weighted by atomic mass is 9.75. The first-order chi connectivity index (χ1) is 12.5. The summed E-state index contributed by atoms with van der Waals surface area (Å²) in [5.74, 6) is 0.862. The second-order valence-electron chi connectivity index (χ2n) is 6.62. The Bertz CT molecular complexity index is 771. The Balaban J connectivity index is 1.61. The van der Waals surface area contributed by atoms with Gasteiger partial charge in [-0.25, -0.2) is 0 Å². The molecule has 6 heteroatoms. The summed E-state index contributed by atoms with van der Waals surface area (Å²) in [6.45, 7) is 1.84. The van der Waals surface area contributed by atoms with Crippen LogP contribution in [0.15, 0.2) is 42.5 Å². The molecule has 3 rings (SSSR count). The molecule has 2 aromatic rings. The molecule has 1 aliphatic rings. The van der Waals surface area contributed by atoms with Gasteiger partial charge in [0.1, 0.15) is 5.75 Å². The van der Waals surface area contributed by atoms with Gasteiger partial charge in [0.25, 0.3) is 0 Å². The molecule has 1 saturated heterocycles. The summed E-state index contributed by atoms with van der Waals surface area (Å²) in [7, 11) is 1.65. The first kappa shape index (κ1) is 19.0. The SMILES string of the molecule is COc1cccc(CC2(C(=O)NCCc3c(Cl)cccc3Cl)CNC2)c1. The van der Waals surface area contributed by atoms with Crippen LogP contribution < -0.4 is 15.4 Å². The van der Waals surface area contributed by atoms with Gasteiger partial charge in [0.15, 0.2) is 0 Å². The summed E-state index contributed by atoms with van der Waals surface area (Å²) in [6.07, 6.45) is 1.28. The molecule has 0 saturated carbocycles. The van der Waals surface area contributed by atoms with Gasteiger partial charge < -0.3 is 15.4 Å². The third-order valence-electron chi connectivity index (χ3n) is 4.81. The highest BCUT2D eigenvalue weighted by atomic mass is 35.5. The van der Waals surface area contributed by atoms with E-state index in [1.807, 2.05) is 42.5 Å². The Morgan fingerprint density at radius 2 is 1.88 bits per heavy atom. The van der Waals surface area contributed by atoms with E-state index >= 15 is 0 Å². The number of hydrogen-bond acceptors (Lipinski definition) is 3. The summed E-state index contributed by atoms with van der Waals surface area (Å²) in [5.41, 5.74) is 1.54. The molecule has 0 unspecified atom stereocenters. The lowest BCUT2D eigenvalue weighted by Gasteiger charge is -2.41. The van der Waals surface area contributed by atoms with Gasteiger partial charge in [0, 0.05) is 29.7 Å². The average molecular weight is 393 g/mol. The van der Waals surface area contributed by atoms with Gasteiger partial charge in [0.2, 0.25) is 5.91 Å². The summed E-state index contributed by atoms with van der Waals surface area (Å²) in [4.78, 5) is 12.8. The van der Waals surface area contributed by atoms with Crippen LogP contribution in [-0.2, 0) is 17.6 Å². The molecule has 138 valence electrons. The molecule has 0 aliphatic carbocycles. The van der Waals surface area contributed by atoms with Crippen LogP contribution in [0.4, 0.5) is 0 Å². The van der Waals surface area contributed by atoms with E-state index in [0.717, 1.165) is 16.9 Å². The van der Waals surface area contributed by atoms with Crippen LogP contribution in [0.3, 0.4) is 0 Å². The molecule has 1 aliphatic heterocycles. The quantitative estimate of drug-likeness (QED) is 0.757. The van der Waals surface area contributed by atoms with Crippen LogP contribution in [0.1, 0.15) is 11.1 Å². The number of rotatable bonds is 7. The zero-order valence-electron chi connectivity index (χ0n) is 14.6. The smallest absolute Gasteiger partial charge is 0.229 e. The third-order valence-corrected chi connectivity index (χ3v) is 5.52. The maximum Gasteiger partial charge on any atom is 0.229 e. The van der Waals surface area contributed by atoms with Gasteiger partial charge in [-0.05, 0) is 48.2 Å². The lowest BCUT2D eigenvalue weighted by Crippen LogP contribution is -2.62.